The molecule has 8 heteroatoms. The third-order valence-corrected chi connectivity index (χ3v) is 5.73. The van der Waals surface area contributed by atoms with Gasteiger partial charge in [0.2, 0.25) is 0 Å². The van der Waals surface area contributed by atoms with Gasteiger partial charge in [0.25, 0.3) is 10.5 Å². The summed E-state index contributed by atoms with van der Waals surface area (Å²) in [5.41, 5.74) is 0. The van der Waals surface area contributed by atoms with Crippen molar-refractivity contribution in [2.24, 2.45) is 0 Å². The predicted molar refractivity (Wildman–Crippen MR) is 90.6 cm³/mol. The Labute approximate surface area is 141 Å². The molecule has 0 aliphatic heterocycles. The first-order chi connectivity index (χ1) is 9.77. The highest BCUT2D eigenvalue weighted by Gasteiger charge is 2.21. The quantitative estimate of drug-likeness (QED) is 0.727. The molecule has 0 aliphatic rings. The van der Waals surface area contributed by atoms with Crippen LogP contribution < -0.4 is 4.74 Å². The van der Waals surface area contributed by atoms with Crippen LogP contribution in [0.3, 0.4) is 0 Å². The molecule has 0 fully saturated rings. The zero-order valence-electron chi connectivity index (χ0n) is 12.5. The molecule has 2 amide bonds. The molecule has 0 unspecified atom stereocenters. The molecule has 0 radical (unpaired) electrons. The summed E-state index contributed by atoms with van der Waals surface area (Å²) in [7, 11) is 8.26. The molecule has 5 nitrogen and oxygen atoms in total. The fourth-order valence-electron chi connectivity index (χ4n) is 1.23. The van der Waals surface area contributed by atoms with Crippen molar-refractivity contribution >= 4 is 49.9 Å². The lowest BCUT2D eigenvalue weighted by Crippen LogP contribution is -2.17. The molecule has 1 aromatic rings. The molecule has 0 aliphatic carbocycles. The summed E-state index contributed by atoms with van der Waals surface area (Å²) in [5.74, 6) is 0.562. The number of rotatable bonds is 3. The zero-order chi connectivity index (χ0) is 16.2. The van der Waals surface area contributed by atoms with Crippen LogP contribution in [0.15, 0.2) is 26.4 Å². The summed E-state index contributed by atoms with van der Waals surface area (Å²) in [6.45, 7) is 0. The number of halogens is 1. The molecule has 116 valence electrons. The Hall–Kier alpha value is -0.860. The Balaban J connectivity index is 3.26. The first-order valence-electron chi connectivity index (χ1n) is 5.92. The summed E-state index contributed by atoms with van der Waals surface area (Å²) in [5, 5.41) is -0.256. The van der Waals surface area contributed by atoms with Gasteiger partial charge in [0.05, 0.1) is 12.0 Å². The highest BCUT2D eigenvalue weighted by atomic mass is 79.9. The highest BCUT2D eigenvalue weighted by molar-refractivity contribution is 9.10. The first kappa shape index (κ1) is 18.2. The maximum absolute atomic E-state index is 12.0. The van der Waals surface area contributed by atoms with E-state index in [1.165, 1.54) is 16.9 Å². The van der Waals surface area contributed by atoms with Crippen molar-refractivity contribution in [1.82, 2.24) is 9.80 Å². The number of benzene rings is 1. The number of amides is 2. The van der Waals surface area contributed by atoms with Gasteiger partial charge in [-0.3, -0.25) is 9.59 Å². The lowest BCUT2D eigenvalue weighted by atomic mass is 10.3. The Bertz CT molecular complexity index is 550. The molecule has 1 rings (SSSR count). The largest absolute Gasteiger partial charge is 0.496 e. The van der Waals surface area contributed by atoms with E-state index in [-0.39, 0.29) is 10.5 Å². The Morgan fingerprint density at radius 1 is 1.00 bits per heavy atom. The van der Waals surface area contributed by atoms with Gasteiger partial charge in [-0.15, -0.1) is 0 Å². The summed E-state index contributed by atoms with van der Waals surface area (Å²) < 4.78 is 6.06. The van der Waals surface area contributed by atoms with Gasteiger partial charge < -0.3 is 14.5 Å². The van der Waals surface area contributed by atoms with Crippen molar-refractivity contribution in [1.29, 1.82) is 0 Å². The molecule has 0 atom stereocenters. The van der Waals surface area contributed by atoms with Crippen molar-refractivity contribution in [3.05, 3.63) is 16.6 Å². The Kier molecular flexibility index (Phi) is 6.89. The van der Waals surface area contributed by atoms with Gasteiger partial charge in [0, 0.05) is 37.6 Å². The molecule has 0 bridgehead atoms. The van der Waals surface area contributed by atoms with Gasteiger partial charge in [0.1, 0.15) is 5.75 Å². The minimum absolute atomic E-state index is 0.122. The summed E-state index contributed by atoms with van der Waals surface area (Å²) in [4.78, 5) is 28.2. The van der Waals surface area contributed by atoms with Crippen molar-refractivity contribution in [3.8, 4) is 5.75 Å². The fourth-order valence-corrected chi connectivity index (χ4v) is 3.71. The van der Waals surface area contributed by atoms with Crippen molar-refractivity contribution in [2.45, 2.75) is 9.79 Å². The number of methoxy groups -OCH3 is 1. The predicted octanol–water partition coefficient (Wildman–Crippen LogP) is 4.01. The van der Waals surface area contributed by atoms with Crippen LogP contribution in [0, 0.1) is 0 Å². The standard InChI is InChI=1S/C13H17BrN2O3S2/c1-15(2)12(17)20-10-8(14)6-7-9(19-5)11(10)21-13(18)16(3)4/h6-7H,1-5H3. The van der Waals surface area contributed by atoms with Crippen LogP contribution in [0.2, 0.25) is 0 Å². The maximum atomic E-state index is 12.0. The van der Waals surface area contributed by atoms with E-state index >= 15 is 0 Å². The van der Waals surface area contributed by atoms with Gasteiger partial charge in [-0.2, -0.15) is 0 Å². The van der Waals surface area contributed by atoms with Crippen molar-refractivity contribution < 1.29 is 14.3 Å². The lowest BCUT2D eigenvalue weighted by molar-refractivity contribution is 0.240. The van der Waals surface area contributed by atoms with E-state index in [4.69, 9.17) is 4.74 Å². The van der Waals surface area contributed by atoms with E-state index in [1.54, 1.807) is 40.3 Å². The molecule has 1 aromatic carbocycles. The van der Waals surface area contributed by atoms with Crippen LogP contribution in [0.4, 0.5) is 9.59 Å². The zero-order valence-corrected chi connectivity index (χ0v) is 15.7. The molecule has 0 N–H and O–H groups in total. The topological polar surface area (TPSA) is 49.9 Å². The van der Waals surface area contributed by atoms with E-state index in [0.717, 1.165) is 28.0 Å². The SMILES string of the molecule is COc1ccc(Br)c(SC(=O)N(C)C)c1SC(=O)N(C)C. The highest BCUT2D eigenvalue weighted by Crippen LogP contribution is 2.43. The second kappa shape index (κ2) is 7.95. The summed E-state index contributed by atoms with van der Waals surface area (Å²) in [6, 6.07) is 3.56. The van der Waals surface area contributed by atoms with Crippen molar-refractivity contribution in [3.63, 3.8) is 0 Å². The normalized spacial score (nSPS) is 10.2. The van der Waals surface area contributed by atoms with Gasteiger partial charge in [-0.1, -0.05) is 0 Å². The molecular weight excluding hydrogens is 376 g/mol. The minimum atomic E-state index is -0.134. The van der Waals surface area contributed by atoms with E-state index in [2.05, 4.69) is 15.9 Å². The average Bonchev–Trinajstić information content (AvgIpc) is 2.42. The number of hydrogen-bond donors (Lipinski definition) is 0. The van der Waals surface area contributed by atoms with E-state index in [9.17, 15) is 9.59 Å². The van der Waals surface area contributed by atoms with Crippen LogP contribution >= 0.6 is 39.5 Å². The van der Waals surface area contributed by atoms with Crippen molar-refractivity contribution in [2.75, 3.05) is 35.3 Å². The van der Waals surface area contributed by atoms with Gasteiger partial charge in [-0.05, 0) is 51.6 Å². The van der Waals surface area contributed by atoms with Gasteiger partial charge in [0.15, 0.2) is 0 Å². The Morgan fingerprint density at radius 3 is 1.90 bits per heavy atom. The number of thioether (sulfide) groups is 2. The van der Waals surface area contributed by atoms with E-state index in [0.29, 0.717) is 15.5 Å². The van der Waals surface area contributed by atoms with E-state index in [1.807, 2.05) is 0 Å². The average molecular weight is 393 g/mol. The van der Waals surface area contributed by atoms with Crippen LogP contribution in [0.5, 0.6) is 5.75 Å². The second-order valence-electron chi connectivity index (χ2n) is 4.43. The molecule has 0 saturated heterocycles. The molecule has 0 aromatic heterocycles. The second-order valence-corrected chi connectivity index (χ2v) is 7.21. The monoisotopic (exact) mass is 392 g/mol. The summed E-state index contributed by atoms with van der Waals surface area (Å²) in [6.07, 6.45) is 0. The third kappa shape index (κ3) is 4.82. The molecule has 21 heavy (non-hydrogen) atoms. The smallest absolute Gasteiger partial charge is 0.286 e. The third-order valence-electron chi connectivity index (χ3n) is 2.36. The number of ether oxygens (including phenoxy) is 1. The number of carbonyl (C=O) groups excluding carboxylic acids is 2. The number of carbonyl (C=O) groups is 2. The number of nitrogens with zero attached hydrogens (tertiary/aromatic N) is 2. The first-order valence-corrected chi connectivity index (χ1v) is 8.35. The maximum Gasteiger partial charge on any atom is 0.286 e. The fraction of sp³-hybridized carbons (Fsp3) is 0.385. The van der Waals surface area contributed by atoms with E-state index < -0.39 is 0 Å². The molecule has 0 spiro atoms. The Morgan fingerprint density at radius 2 is 1.48 bits per heavy atom. The van der Waals surface area contributed by atoms with Gasteiger partial charge >= 0.3 is 0 Å². The molecule has 0 saturated carbocycles. The van der Waals surface area contributed by atoms with Crippen LogP contribution in [0.25, 0.3) is 0 Å². The van der Waals surface area contributed by atoms with Gasteiger partial charge in [-0.25, -0.2) is 0 Å². The van der Waals surface area contributed by atoms with Crippen LogP contribution in [-0.4, -0.2) is 55.6 Å². The molecular formula is C13H17BrN2O3S2. The summed E-state index contributed by atoms with van der Waals surface area (Å²) >= 11 is 5.52. The lowest BCUT2D eigenvalue weighted by Gasteiger charge is -2.17. The van der Waals surface area contributed by atoms with Crippen LogP contribution in [-0.2, 0) is 0 Å². The molecule has 0 heterocycles. The number of hydrogen-bond acceptors (Lipinski definition) is 5. The minimum Gasteiger partial charge on any atom is -0.496 e. The van der Waals surface area contributed by atoms with Crippen LogP contribution in [0.1, 0.15) is 0 Å².